The Balaban J connectivity index is 1.62. The molecule has 0 aliphatic heterocycles. The lowest BCUT2D eigenvalue weighted by Gasteiger charge is -2.18. The van der Waals surface area contributed by atoms with E-state index in [0.29, 0.717) is 0 Å². The molecule has 3 rings (SSSR count). The molecule has 0 radical (unpaired) electrons. The number of hydrogen-bond donors (Lipinski definition) is 2. The van der Waals surface area contributed by atoms with Gasteiger partial charge in [0.25, 0.3) is 0 Å². The van der Waals surface area contributed by atoms with Crippen LogP contribution in [0, 0.1) is 6.92 Å². The van der Waals surface area contributed by atoms with Crippen LogP contribution < -0.4 is 10.1 Å². The molecule has 0 bridgehead atoms. The molecule has 1 saturated carbocycles. The van der Waals surface area contributed by atoms with Gasteiger partial charge in [-0.1, -0.05) is 42.0 Å². The van der Waals surface area contributed by atoms with Crippen LogP contribution in [0.1, 0.15) is 35.6 Å². The lowest BCUT2D eigenvalue weighted by atomic mass is 9.93. The van der Waals surface area contributed by atoms with Crippen LogP contribution in [0.15, 0.2) is 48.5 Å². The second-order valence-corrected chi connectivity index (χ2v) is 6.45. The van der Waals surface area contributed by atoms with E-state index in [2.05, 4.69) is 11.4 Å². The number of hydrogen-bond acceptors (Lipinski definition) is 3. The van der Waals surface area contributed by atoms with Crippen molar-refractivity contribution in [1.82, 2.24) is 5.32 Å². The van der Waals surface area contributed by atoms with E-state index in [0.717, 1.165) is 35.3 Å². The van der Waals surface area contributed by atoms with Gasteiger partial charge >= 0.3 is 0 Å². The highest BCUT2D eigenvalue weighted by atomic mass is 16.5. The molecular formula is C20H23NO3. The maximum atomic E-state index is 12.6. The normalized spacial score (nSPS) is 16.3. The number of rotatable bonds is 6. The number of methoxy groups -OCH3 is 1. The summed E-state index contributed by atoms with van der Waals surface area (Å²) in [7, 11) is 1.60. The third-order valence-electron chi connectivity index (χ3n) is 4.71. The minimum Gasteiger partial charge on any atom is -0.497 e. The van der Waals surface area contributed by atoms with Crippen molar-refractivity contribution in [1.29, 1.82) is 0 Å². The number of carbonyl (C=O) groups is 1. The van der Waals surface area contributed by atoms with Gasteiger partial charge in [-0.3, -0.25) is 4.79 Å². The van der Waals surface area contributed by atoms with E-state index in [4.69, 9.17) is 4.74 Å². The fourth-order valence-corrected chi connectivity index (χ4v) is 3.02. The minimum absolute atomic E-state index is 0.000613. The van der Waals surface area contributed by atoms with Gasteiger partial charge < -0.3 is 15.2 Å². The van der Waals surface area contributed by atoms with Crippen molar-refractivity contribution in [2.45, 2.75) is 31.3 Å². The summed E-state index contributed by atoms with van der Waals surface area (Å²) in [4.78, 5) is 12.6. The Morgan fingerprint density at radius 1 is 1.25 bits per heavy atom. The van der Waals surface area contributed by atoms with Gasteiger partial charge in [0.05, 0.1) is 18.6 Å². The fraction of sp³-hybridized carbons (Fsp3) is 0.350. The molecule has 1 aliphatic rings. The number of amides is 1. The highest BCUT2D eigenvalue weighted by molar-refractivity contribution is 5.91. The summed E-state index contributed by atoms with van der Waals surface area (Å²) in [5.74, 6) is 0.743. The number of ether oxygens (including phenoxy) is 1. The smallest absolute Gasteiger partial charge is 0.230 e. The summed E-state index contributed by atoms with van der Waals surface area (Å²) in [5, 5.41) is 13.2. The lowest BCUT2D eigenvalue weighted by Crippen LogP contribution is -2.37. The predicted molar refractivity (Wildman–Crippen MR) is 93.1 cm³/mol. The Morgan fingerprint density at radius 2 is 1.96 bits per heavy atom. The third kappa shape index (κ3) is 3.29. The number of aryl methyl sites for hydroxylation is 1. The Labute approximate surface area is 142 Å². The van der Waals surface area contributed by atoms with Crippen LogP contribution in [-0.4, -0.2) is 24.7 Å². The van der Waals surface area contributed by atoms with E-state index >= 15 is 0 Å². The summed E-state index contributed by atoms with van der Waals surface area (Å²) in [6, 6.07) is 15.3. The van der Waals surface area contributed by atoms with Crippen molar-refractivity contribution in [2.75, 3.05) is 13.7 Å². The van der Waals surface area contributed by atoms with Crippen LogP contribution in [0.25, 0.3) is 0 Å². The number of benzene rings is 2. The van der Waals surface area contributed by atoms with Crippen LogP contribution in [-0.2, 0) is 10.2 Å². The van der Waals surface area contributed by atoms with Crippen molar-refractivity contribution in [3.05, 3.63) is 65.2 Å². The maximum Gasteiger partial charge on any atom is 0.230 e. The van der Waals surface area contributed by atoms with Crippen molar-refractivity contribution >= 4 is 5.91 Å². The van der Waals surface area contributed by atoms with Crippen molar-refractivity contribution in [3.63, 3.8) is 0 Å². The minimum atomic E-state index is -0.729. The fourth-order valence-electron chi connectivity index (χ4n) is 3.02. The first-order chi connectivity index (χ1) is 11.5. The average Bonchev–Trinajstić information content (AvgIpc) is 3.41. The Bertz CT molecular complexity index is 720. The third-order valence-corrected chi connectivity index (χ3v) is 4.71. The van der Waals surface area contributed by atoms with E-state index in [1.54, 1.807) is 19.2 Å². The van der Waals surface area contributed by atoms with E-state index in [1.165, 1.54) is 0 Å². The summed E-state index contributed by atoms with van der Waals surface area (Å²) < 4.78 is 5.11. The summed E-state index contributed by atoms with van der Waals surface area (Å²) >= 11 is 0. The lowest BCUT2D eigenvalue weighted by molar-refractivity contribution is -0.124. The highest BCUT2D eigenvalue weighted by Crippen LogP contribution is 2.48. The van der Waals surface area contributed by atoms with Crippen LogP contribution >= 0.6 is 0 Å². The number of carbonyl (C=O) groups excluding carboxylic acids is 1. The zero-order valence-corrected chi connectivity index (χ0v) is 14.1. The van der Waals surface area contributed by atoms with Gasteiger partial charge in [0.1, 0.15) is 5.75 Å². The molecule has 4 heteroatoms. The summed E-state index contributed by atoms with van der Waals surface area (Å²) in [5.41, 5.74) is 2.58. The molecule has 2 aromatic rings. The number of nitrogens with one attached hydrogen (secondary N) is 1. The van der Waals surface area contributed by atoms with Gasteiger partial charge in [0.15, 0.2) is 0 Å². The first-order valence-corrected chi connectivity index (χ1v) is 8.23. The second kappa shape index (κ2) is 6.65. The Kier molecular flexibility index (Phi) is 4.58. The molecule has 4 nitrogen and oxygen atoms in total. The molecule has 2 N–H and O–H groups in total. The van der Waals surface area contributed by atoms with Gasteiger partial charge in [-0.05, 0) is 43.0 Å². The first kappa shape index (κ1) is 16.5. The van der Waals surface area contributed by atoms with Crippen molar-refractivity contribution in [3.8, 4) is 5.75 Å². The van der Waals surface area contributed by atoms with Gasteiger partial charge in [-0.25, -0.2) is 0 Å². The topological polar surface area (TPSA) is 58.6 Å². The molecule has 1 atom stereocenters. The van der Waals surface area contributed by atoms with Gasteiger partial charge in [-0.2, -0.15) is 0 Å². The van der Waals surface area contributed by atoms with E-state index in [1.807, 2.05) is 37.3 Å². The Morgan fingerprint density at radius 3 is 2.54 bits per heavy atom. The second-order valence-electron chi connectivity index (χ2n) is 6.45. The molecule has 126 valence electrons. The largest absolute Gasteiger partial charge is 0.497 e. The molecule has 1 amide bonds. The van der Waals surface area contributed by atoms with Crippen LogP contribution in [0.5, 0.6) is 5.75 Å². The van der Waals surface area contributed by atoms with E-state index in [-0.39, 0.29) is 12.5 Å². The molecule has 0 aromatic heterocycles. The summed E-state index contributed by atoms with van der Waals surface area (Å²) in [6.45, 7) is 2.24. The molecule has 0 heterocycles. The molecular weight excluding hydrogens is 302 g/mol. The standard InChI is InChI=1S/C20H23NO3/c1-14-4-3-5-16(12-14)20(10-11-20)19(23)21-13-18(22)15-6-8-17(24-2)9-7-15/h3-9,12,18,22H,10-11,13H2,1-2H3,(H,21,23). The molecule has 0 spiro atoms. The van der Waals surface area contributed by atoms with Gasteiger partial charge in [0.2, 0.25) is 5.91 Å². The van der Waals surface area contributed by atoms with Crippen LogP contribution in [0.3, 0.4) is 0 Å². The summed E-state index contributed by atoms with van der Waals surface area (Å²) in [6.07, 6.45) is 0.995. The van der Waals surface area contributed by atoms with Crippen molar-refractivity contribution < 1.29 is 14.6 Å². The molecule has 2 aromatic carbocycles. The molecule has 24 heavy (non-hydrogen) atoms. The van der Waals surface area contributed by atoms with Crippen LogP contribution in [0.4, 0.5) is 0 Å². The average molecular weight is 325 g/mol. The zero-order valence-electron chi connectivity index (χ0n) is 14.1. The molecule has 1 fully saturated rings. The highest BCUT2D eigenvalue weighted by Gasteiger charge is 2.51. The Hall–Kier alpha value is -2.33. The molecule has 1 unspecified atom stereocenters. The quantitative estimate of drug-likeness (QED) is 0.858. The van der Waals surface area contributed by atoms with E-state index < -0.39 is 11.5 Å². The van der Waals surface area contributed by atoms with Gasteiger partial charge in [0, 0.05) is 6.54 Å². The molecule has 0 saturated heterocycles. The maximum absolute atomic E-state index is 12.6. The van der Waals surface area contributed by atoms with Gasteiger partial charge in [-0.15, -0.1) is 0 Å². The molecule has 1 aliphatic carbocycles. The first-order valence-electron chi connectivity index (χ1n) is 8.23. The predicted octanol–water partition coefficient (Wildman–Crippen LogP) is 2.89. The van der Waals surface area contributed by atoms with Crippen LogP contribution in [0.2, 0.25) is 0 Å². The van der Waals surface area contributed by atoms with Crippen molar-refractivity contribution in [2.24, 2.45) is 0 Å². The zero-order chi connectivity index (χ0) is 17.2. The SMILES string of the molecule is COc1ccc(C(O)CNC(=O)C2(c3cccc(C)c3)CC2)cc1. The number of aliphatic hydroxyl groups is 1. The number of aliphatic hydroxyl groups excluding tert-OH is 1. The van der Waals surface area contributed by atoms with E-state index in [9.17, 15) is 9.90 Å². The monoisotopic (exact) mass is 325 g/mol.